The van der Waals surface area contributed by atoms with Crippen molar-refractivity contribution in [3.63, 3.8) is 0 Å². The van der Waals surface area contributed by atoms with Gasteiger partial charge in [-0.1, -0.05) is 0 Å². The van der Waals surface area contributed by atoms with Crippen LogP contribution < -0.4 is 15.4 Å². The van der Waals surface area contributed by atoms with Crippen LogP contribution in [0.4, 0.5) is 4.39 Å². The summed E-state index contributed by atoms with van der Waals surface area (Å²) in [5.41, 5.74) is 0.665. The van der Waals surface area contributed by atoms with Gasteiger partial charge in [-0.05, 0) is 63.4 Å². The van der Waals surface area contributed by atoms with E-state index in [9.17, 15) is 9.18 Å². The minimum atomic E-state index is -0.327. The van der Waals surface area contributed by atoms with Crippen molar-refractivity contribution in [2.45, 2.75) is 38.6 Å². The van der Waals surface area contributed by atoms with Crippen LogP contribution in [0.25, 0.3) is 0 Å². The molecule has 0 spiro atoms. The van der Waals surface area contributed by atoms with E-state index in [1.54, 1.807) is 13.2 Å². The lowest BCUT2D eigenvalue weighted by atomic mass is 9.93. The largest absolute Gasteiger partial charge is 0.496 e. The first-order valence-corrected chi connectivity index (χ1v) is 7.93. The summed E-state index contributed by atoms with van der Waals surface area (Å²) in [4.78, 5) is 12.1. The van der Waals surface area contributed by atoms with Crippen molar-refractivity contribution < 1.29 is 13.9 Å². The van der Waals surface area contributed by atoms with Gasteiger partial charge in [-0.15, -0.1) is 0 Å². The zero-order valence-electron chi connectivity index (χ0n) is 13.3. The van der Waals surface area contributed by atoms with Crippen LogP contribution in [0.2, 0.25) is 0 Å². The highest BCUT2D eigenvalue weighted by Crippen LogP contribution is 2.26. The lowest BCUT2D eigenvalue weighted by Gasteiger charge is -2.23. The number of hydrogen-bond acceptors (Lipinski definition) is 3. The van der Waals surface area contributed by atoms with E-state index < -0.39 is 0 Å². The molecule has 0 bridgehead atoms. The molecule has 1 aliphatic heterocycles. The van der Waals surface area contributed by atoms with E-state index in [1.165, 1.54) is 12.1 Å². The van der Waals surface area contributed by atoms with Crippen molar-refractivity contribution >= 4 is 5.91 Å². The predicted octanol–water partition coefficient (Wildman–Crippen LogP) is 2.79. The maximum absolute atomic E-state index is 13.4. The van der Waals surface area contributed by atoms with Crippen molar-refractivity contribution in [1.29, 1.82) is 0 Å². The summed E-state index contributed by atoms with van der Waals surface area (Å²) >= 11 is 0. The second kappa shape index (κ2) is 8.13. The first-order valence-electron chi connectivity index (χ1n) is 7.93. The second-order valence-electron chi connectivity index (χ2n) is 5.91. The number of ether oxygens (including phenoxy) is 1. The number of amides is 1. The van der Waals surface area contributed by atoms with Crippen LogP contribution in [-0.4, -0.2) is 26.1 Å². The van der Waals surface area contributed by atoms with Crippen molar-refractivity contribution in [1.82, 2.24) is 10.6 Å². The van der Waals surface area contributed by atoms with Gasteiger partial charge in [0.2, 0.25) is 5.91 Å². The maximum Gasteiger partial charge on any atom is 0.220 e. The van der Waals surface area contributed by atoms with Crippen LogP contribution in [0.15, 0.2) is 18.2 Å². The molecule has 1 aliphatic rings. The molecular weight excluding hydrogens is 283 g/mol. The fourth-order valence-corrected chi connectivity index (χ4v) is 2.94. The molecule has 0 aliphatic carbocycles. The summed E-state index contributed by atoms with van der Waals surface area (Å²) in [6.07, 6.45) is 3.72. The Hall–Kier alpha value is -1.62. The highest BCUT2D eigenvalue weighted by Gasteiger charge is 2.17. The van der Waals surface area contributed by atoms with Gasteiger partial charge in [0.25, 0.3) is 0 Å². The van der Waals surface area contributed by atoms with Crippen LogP contribution in [0.1, 0.15) is 44.2 Å². The molecule has 2 N–H and O–H groups in total. The molecule has 4 nitrogen and oxygen atoms in total. The van der Waals surface area contributed by atoms with Gasteiger partial charge in [0, 0.05) is 12.0 Å². The lowest BCUT2D eigenvalue weighted by Crippen LogP contribution is -2.30. The minimum Gasteiger partial charge on any atom is -0.496 e. The van der Waals surface area contributed by atoms with Gasteiger partial charge >= 0.3 is 0 Å². The highest BCUT2D eigenvalue weighted by molar-refractivity contribution is 5.76. The number of nitrogens with one attached hydrogen (secondary N) is 2. The molecule has 0 radical (unpaired) electrons. The van der Waals surface area contributed by atoms with Gasteiger partial charge in [0.05, 0.1) is 13.2 Å². The van der Waals surface area contributed by atoms with E-state index in [0.29, 0.717) is 23.7 Å². The summed E-state index contributed by atoms with van der Waals surface area (Å²) < 4.78 is 18.6. The van der Waals surface area contributed by atoms with Crippen LogP contribution in [0.3, 0.4) is 0 Å². The quantitative estimate of drug-likeness (QED) is 0.849. The number of piperidine rings is 1. The molecule has 0 saturated carbocycles. The van der Waals surface area contributed by atoms with Gasteiger partial charge in [-0.2, -0.15) is 0 Å². The molecular formula is C17H25FN2O2. The minimum absolute atomic E-state index is 0.0114. The van der Waals surface area contributed by atoms with Crippen LogP contribution in [-0.2, 0) is 4.79 Å². The smallest absolute Gasteiger partial charge is 0.220 e. The zero-order valence-corrected chi connectivity index (χ0v) is 13.3. The molecule has 1 aromatic carbocycles. The number of rotatable bonds is 6. The van der Waals surface area contributed by atoms with E-state index >= 15 is 0 Å². The molecule has 1 heterocycles. The Morgan fingerprint density at radius 2 is 2.18 bits per heavy atom. The SMILES string of the molecule is COc1ccc(F)cc1C(C)NC(=O)CCC1CCNCC1. The van der Waals surface area contributed by atoms with E-state index in [4.69, 9.17) is 4.74 Å². The number of halogens is 1. The summed E-state index contributed by atoms with van der Waals surface area (Å²) in [7, 11) is 1.54. The summed E-state index contributed by atoms with van der Waals surface area (Å²) in [6, 6.07) is 4.08. The summed E-state index contributed by atoms with van der Waals surface area (Å²) in [6.45, 7) is 3.94. The topological polar surface area (TPSA) is 50.4 Å². The Morgan fingerprint density at radius 1 is 1.45 bits per heavy atom. The average Bonchev–Trinajstić information content (AvgIpc) is 2.54. The van der Waals surface area contributed by atoms with E-state index in [-0.39, 0.29) is 17.8 Å². The van der Waals surface area contributed by atoms with E-state index in [2.05, 4.69) is 10.6 Å². The Kier molecular flexibility index (Phi) is 6.19. The first-order chi connectivity index (χ1) is 10.6. The second-order valence-corrected chi connectivity index (χ2v) is 5.91. The molecule has 1 amide bonds. The first kappa shape index (κ1) is 16.7. The number of carbonyl (C=O) groups is 1. The average molecular weight is 308 g/mol. The number of methoxy groups -OCH3 is 1. The van der Waals surface area contributed by atoms with Gasteiger partial charge in [-0.3, -0.25) is 4.79 Å². The third-order valence-corrected chi connectivity index (χ3v) is 4.27. The van der Waals surface area contributed by atoms with Crippen LogP contribution in [0, 0.1) is 11.7 Å². The zero-order chi connectivity index (χ0) is 15.9. The van der Waals surface area contributed by atoms with Crippen molar-refractivity contribution in [3.05, 3.63) is 29.6 Å². The van der Waals surface area contributed by atoms with Gasteiger partial charge in [0.1, 0.15) is 11.6 Å². The highest BCUT2D eigenvalue weighted by atomic mass is 19.1. The molecule has 122 valence electrons. The van der Waals surface area contributed by atoms with E-state index in [1.807, 2.05) is 6.92 Å². The van der Waals surface area contributed by atoms with Crippen molar-refractivity contribution in [3.8, 4) is 5.75 Å². The number of carbonyl (C=O) groups excluding carboxylic acids is 1. The molecule has 1 unspecified atom stereocenters. The van der Waals surface area contributed by atoms with Gasteiger partial charge < -0.3 is 15.4 Å². The standard InChI is InChI=1S/C17H25FN2O2/c1-12(15-11-14(18)4-5-16(15)22-2)20-17(21)6-3-13-7-9-19-10-8-13/h4-5,11-13,19H,3,6-10H2,1-2H3,(H,20,21). The Morgan fingerprint density at radius 3 is 2.86 bits per heavy atom. The molecule has 1 atom stereocenters. The van der Waals surface area contributed by atoms with Crippen molar-refractivity contribution in [2.75, 3.05) is 20.2 Å². The normalized spacial score (nSPS) is 17.0. The van der Waals surface area contributed by atoms with Crippen LogP contribution in [0.5, 0.6) is 5.75 Å². The molecule has 1 fully saturated rings. The fourth-order valence-electron chi connectivity index (χ4n) is 2.94. The fraction of sp³-hybridized carbons (Fsp3) is 0.588. The third kappa shape index (κ3) is 4.70. The number of benzene rings is 1. The number of hydrogen-bond donors (Lipinski definition) is 2. The Bertz CT molecular complexity index is 501. The third-order valence-electron chi connectivity index (χ3n) is 4.27. The van der Waals surface area contributed by atoms with Gasteiger partial charge in [-0.25, -0.2) is 4.39 Å². The lowest BCUT2D eigenvalue weighted by molar-refractivity contribution is -0.122. The molecule has 22 heavy (non-hydrogen) atoms. The molecule has 1 aromatic rings. The maximum atomic E-state index is 13.4. The Labute approximate surface area is 131 Å². The molecule has 0 aromatic heterocycles. The van der Waals surface area contributed by atoms with Gasteiger partial charge in [0.15, 0.2) is 0 Å². The molecule has 1 saturated heterocycles. The summed E-state index contributed by atoms with van der Waals surface area (Å²) in [5.74, 6) is 0.905. The van der Waals surface area contributed by atoms with Crippen molar-refractivity contribution in [2.24, 2.45) is 5.92 Å². The predicted molar refractivity (Wildman–Crippen MR) is 84.3 cm³/mol. The van der Waals surface area contributed by atoms with Crippen LogP contribution >= 0.6 is 0 Å². The molecule has 2 rings (SSSR count). The van der Waals surface area contributed by atoms with E-state index in [0.717, 1.165) is 32.4 Å². The molecule has 5 heteroatoms. The monoisotopic (exact) mass is 308 g/mol. The summed E-state index contributed by atoms with van der Waals surface area (Å²) in [5, 5.41) is 6.26. The Balaban J connectivity index is 1.86.